The molecule has 0 radical (unpaired) electrons. The summed E-state index contributed by atoms with van der Waals surface area (Å²) >= 11 is 0. The Kier molecular flexibility index (Phi) is 5.59. The number of hydrogen-bond acceptors (Lipinski definition) is 3. The zero-order valence-electron chi connectivity index (χ0n) is 13.3. The van der Waals surface area contributed by atoms with Gasteiger partial charge in [0.05, 0.1) is 18.1 Å². The monoisotopic (exact) mass is 274 g/mol. The van der Waals surface area contributed by atoms with Crippen LogP contribution in [0, 0.1) is 16.7 Å². The van der Waals surface area contributed by atoms with E-state index in [1.54, 1.807) is 0 Å². The van der Waals surface area contributed by atoms with Gasteiger partial charge < -0.3 is 10.1 Å². The van der Waals surface area contributed by atoms with E-state index in [4.69, 9.17) is 10.00 Å². The third-order valence-electron chi connectivity index (χ3n) is 3.04. The van der Waals surface area contributed by atoms with Crippen molar-refractivity contribution < 1.29 is 4.74 Å². The van der Waals surface area contributed by atoms with Gasteiger partial charge in [-0.25, -0.2) is 0 Å². The molecule has 3 nitrogen and oxygen atoms in total. The van der Waals surface area contributed by atoms with Crippen molar-refractivity contribution >= 4 is 0 Å². The van der Waals surface area contributed by atoms with Crippen LogP contribution in [-0.2, 0) is 6.54 Å². The van der Waals surface area contributed by atoms with Gasteiger partial charge in [0, 0.05) is 12.1 Å². The second-order valence-electron chi connectivity index (χ2n) is 6.84. The van der Waals surface area contributed by atoms with Gasteiger partial charge in [0.1, 0.15) is 5.75 Å². The Morgan fingerprint density at radius 1 is 1.10 bits per heavy atom. The zero-order chi connectivity index (χ0) is 15.2. The Labute approximate surface area is 123 Å². The van der Waals surface area contributed by atoms with Crippen LogP contribution in [0.15, 0.2) is 24.3 Å². The summed E-state index contributed by atoms with van der Waals surface area (Å²) in [5, 5.41) is 12.4. The molecule has 0 spiro atoms. The summed E-state index contributed by atoms with van der Waals surface area (Å²) in [5.74, 6) is 0.859. The molecule has 20 heavy (non-hydrogen) atoms. The maximum atomic E-state index is 8.94. The molecule has 0 aliphatic carbocycles. The van der Waals surface area contributed by atoms with Gasteiger partial charge in [-0.3, -0.25) is 0 Å². The number of hydrogen-bond donors (Lipinski definition) is 1. The van der Waals surface area contributed by atoms with Crippen molar-refractivity contribution in [3.8, 4) is 11.8 Å². The summed E-state index contributed by atoms with van der Waals surface area (Å²) < 4.78 is 5.67. The summed E-state index contributed by atoms with van der Waals surface area (Å²) in [6, 6.07) is 10.4. The molecule has 1 aromatic carbocycles. The lowest BCUT2D eigenvalue weighted by Crippen LogP contribution is -2.35. The number of nitrogens with zero attached hydrogens (tertiary/aromatic N) is 1. The smallest absolute Gasteiger partial charge is 0.119 e. The van der Waals surface area contributed by atoms with E-state index in [2.05, 4.69) is 44.3 Å². The highest BCUT2D eigenvalue weighted by atomic mass is 16.5. The number of benzene rings is 1. The molecule has 0 heterocycles. The minimum atomic E-state index is -0.323. The highest BCUT2D eigenvalue weighted by Crippen LogP contribution is 2.20. The van der Waals surface area contributed by atoms with E-state index in [0.29, 0.717) is 6.61 Å². The average Bonchev–Trinajstić information content (AvgIpc) is 2.37. The molecule has 0 aromatic heterocycles. The minimum Gasteiger partial charge on any atom is -0.494 e. The number of rotatable bonds is 6. The molecule has 1 rings (SSSR count). The highest BCUT2D eigenvalue weighted by Gasteiger charge is 2.16. The molecule has 0 bridgehead atoms. The van der Waals surface area contributed by atoms with Gasteiger partial charge in [-0.2, -0.15) is 5.26 Å². The first-order valence-electron chi connectivity index (χ1n) is 7.10. The highest BCUT2D eigenvalue weighted by molar-refractivity contribution is 5.27. The molecule has 0 amide bonds. The second-order valence-corrected chi connectivity index (χ2v) is 6.84. The quantitative estimate of drug-likeness (QED) is 0.856. The van der Waals surface area contributed by atoms with Crippen LogP contribution in [0.5, 0.6) is 5.75 Å². The molecule has 0 saturated carbocycles. The minimum absolute atomic E-state index is 0.123. The van der Waals surface area contributed by atoms with Crippen molar-refractivity contribution in [3.63, 3.8) is 0 Å². The number of nitriles is 1. The standard InChI is InChI=1S/C17H26N2O/c1-16(2,3)19-12-14-6-8-15(9-7-14)20-11-10-17(4,5)13-18/h6-9,19H,10-12H2,1-5H3. The third-order valence-corrected chi connectivity index (χ3v) is 3.04. The predicted molar refractivity (Wildman–Crippen MR) is 82.5 cm³/mol. The van der Waals surface area contributed by atoms with Crippen LogP contribution < -0.4 is 10.1 Å². The Bertz CT molecular complexity index is 449. The van der Waals surface area contributed by atoms with E-state index < -0.39 is 0 Å². The summed E-state index contributed by atoms with van der Waals surface area (Å²) in [6.45, 7) is 11.7. The lowest BCUT2D eigenvalue weighted by atomic mass is 9.92. The van der Waals surface area contributed by atoms with Gasteiger partial charge in [0.2, 0.25) is 0 Å². The van der Waals surface area contributed by atoms with Crippen LogP contribution >= 0.6 is 0 Å². The summed E-state index contributed by atoms with van der Waals surface area (Å²) in [6.07, 6.45) is 0.733. The SMILES string of the molecule is CC(C)(C#N)CCOc1ccc(CNC(C)(C)C)cc1. The van der Waals surface area contributed by atoms with Crippen molar-refractivity contribution in [2.24, 2.45) is 5.41 Å². The molecule has 110 valence electrons. The molecule has 0 aliphatic heterocycles. The van der Waals surface area contributed by atoms with Gasteiger partial charge in [0.15, 0.2) is 0 Å². The predicted octanol–water partition coefficient (Wildman–Crippen LogP) is 3.89. The Morgan fingerprint density at radius 2 is 1.70 bits per heavy atom. The van der Waals surface area contributed by atoms with E-state index >= 15 is 0 Å². The second kappa shape index (κ2) is 6.76. The van der Waals surface area contributed by atoms with Gasteiger partial charge in [-0.05, 0) is 58.7 Å². The summed E-state index contributed by atoms with van der Waals surface area (Å²) in [7, 11) is 0. The molecular weight excluding hydrogens is 248 g/mol. The molecule has 0 fully saturated rings. The fourth-order valence-electron chi connectivity index (χ4n) is 1.55. The maximum Gasteiger partial charge on any atom is 0.119 e. The molecule has 1 aromatic rings. The van der Waals surface area contributed by atoms with E-state index in [0.717, 1.165) is 18.7 Å². The van der Waals surface area contributed by atoms with Crippen molar-refractivity contribution in [2.75, 3.05) is 6.61 Å². The molecule has 1 N–H and O–H groups in total. The Balaban J connectivity index is 2.42. The van der Waals surface area contributed by atoms with Crippen molar-refractivity contribution in [1.82, 2.24) is 5.32 Å². The van der Waals surface area contributed by atoms with Crippen LogP contribution in [0.4, 0.5) is 0 Å². The van der Waals surface area contributed by atoms with Crippen molar-refractivity contribution in [2.45, 2.75) is 53.1 Å². The first-order chi connectivity index (χ1) is 9.22. The molecule has 0 aliphatic rings. The number of ether oxygens (including phenoxy) is 1. The van der Waals surface area contributed by atoms with Gasteiger partial charge in [-0.1, -0.05) is 12.1 Å². The maximum absolute atomic E-state index is 8.94. The number of nitrogens with one attached hydrogen (secondary N) is 1. The Morgan fingerprint density at radius 3 is 2.20 bits per heavy atom. The fraction of sp³-hybridized carbons (Fsp3) is 0.588. The average molecular weight is 274 g/mol. The van der Waals surface area contributed by atoms with Gasteiger partial charge in [0.25, 0.3) is 0 Å². The topological polar surface area (TPSA) is 45.0 Å². The normalized spacial score (nSPS) is 12.0. The van der Waals surface area contributed by atoms with Crippen LogP contribution in [0.25, 0.3) is 0 Å². The van der Waals surface area contributed by atoms with Crippen molar-refractivity contribution in [3.05, 3.63) is 29.8 Å². The molecule has 0 atom stereocenters. The zero-order valence-corrected chi connectivity index (χ0v) is 13.3. The van der Waals surface area contributed by atoms with E-state index in [1.165, 1.54) is 5.56 Å². The van der Waals surface area contributed by atoms with E-state index in [1.807, 2.05) is 26.0 Å². The van der Waals surface area contributed by atoms with Gasteiger partial charge >= 0.3 is 0 Å². The van der Waals surface area contributed by atoms with E-state index in [-0.39, 0.29) is 11.0 Å². The lowest BCUT2D eigenvalue weighted by Gasteiger charge is -2.20. The molecule has 3 heteroatoms. The molecule has 0 unspecified atom stereocenters. The van der Waals surface area contributed by atoms with Crippen LogP contribution in [0.1, 0.15) is 46.6 Å². The lowest BCUT2D eigenvalue weighted by molar-refractivity contribution is 0.264. The van der Waals surface area contributed by atoms with Crippen LogP contribution in [0.3, 0.4) is 0 Å². The summed E-state index contributed by atoms with van der Waals surface area (Å²) in [5.41, 5.74) is 1.04. The van der Waals surface area contributed by atoms with Gasteiger partial charge in [-0.15, -0.1) is 0 Å². The first-order valence-corrected chi connectivity index (χ1v) is 7.10. The third kappa shape index (κ3) is 6.58. The largest absolute Gasteiger partial charge is 0.494 e. The van der Waals surface area contributed by atoms with Crippen LogP contribution in [0.2, 0.25) is 0 Å². The Hall–Kier alpha value is -1.53. The van der Waals surface area contributed by atoms with Crippen molar-refractivity contribution in [1.29, 1.82) is 5.26 Å². The molecular formula is C17H26N2O. The van der Waals surface area contributed by atoms with E-state index in [9.17, 15) is 0 Å². The molecule has 0 saturated heterocycles. The fourth-order valence-corrected chi connectivity index (χ4v) is 1.55. The van der Waals surface area contributed by atoms with Crippen LogP contribution in [-0.4, -0.2) is 12.1 Å². The summed E-state index contributed by atoms with van der Waals surface area (Å²) in [4.78, 5) is 0. The first kappa shape index (κ1) is 16.5.